The Morgan fingerprint density at radius 1 is 1.00 bits per heavy atom. The second-order valence-corrected chi connectivity index (χ2v) is 13.8. The number of methoxy groups -OCH3 is 1. The Labute approximate surface area is 260 Å². The van der Waals surface area contributed by atoms with Crippen LogP contribution in [0.5, 0.6) is 5.75 Å². The van der Waals surface area contributed by atoms with Crippen LogP contribution in [0.2, 0.25) is 0 Å². The fourth-order valence-electron chi connectivity index (χ4n) is 7.02. The lowest BCUT2D eigenvalue weighted by atomic mass is 9.68. The van der Waals surface area contributed by atoms with Crippen LogP contribution in [0.4, 0.5) is 18.9 Å². The van der Waals surface area contributed by atoms with Crippen LogP contribution >= 0.6 is 0 Å². The van der Waals surface area contributed by atoms with E-state index in [-0.39, 0.29) is 34.4 Å². The number of sulfonamides is 1. The zero-order valence-electron chi connectivity index (χ0n) is 24.9. The van der Waals surface area contributed by atoms with Crippen LogP contribution in [0, 0.1) is 5.92 Å². The van der Waals surface area contributed by atoms with Crippen LogP contribution < -0.4 is 14.4 Å². The third kappa shape index (κ3) is 5.53. The second kappa shape index (κ2) is 11.4. The summed E-state index contributed by atoms with van der Waals surface area (Å²) in [7, 11) is -2.61. The van der Waals surface area contributed by atoms with Gasteiger partial charge in [0.1, 0.15) is 5.75 Å². The summed E-state index contributed by atoms with van der Waals surface area (Å²) >= 11 is 0. The number of hydrogen-bond donors (Lipinski definition) is 1. The van der Waals surface area contributed by atoms with Gasteiger partial charge in [0, 0.05) is 43.6 Å². The zero-order chi connectivity index (χ0) is 32.1. The van der Waals surface area contributed by atoms with Crippen molar-refractivity contribution in [3.05, 3.63) is 89.0 Å². The number of likely N-dealkylation sites (tertiary alicyclic amines) is 1. The zero-order valence-corrected chi connectivity index (χ0v) is 25.7. The number of carbonyl (C=O) groups excluding carboxylic acids is 2. The van der Waals surface area contributed by atoms with Gasteiger partial charge in [0.05, 0.1) is 29.3 Å². The molecule has 2 fully saturated rings. The van der Waals surface area contributed by atoms with E-state index in [1.807, 2.05) is 0 Å². The summed E-state index contributed by atoms with van der Waals surface area (Å²) in [6.45, 7) is 2.06. The van der Waals surface area contributed by atoms with Gasteiger partial charge >= 0.3 is 6.18 Å². The molecular weight excluding hydrogens is 607 g/mol. The monoisotopic (exact) mass is 641 g/mol. The first-order valence-corrected chi connectivity index (χ1v) is 16.3. The van der Waals surface area contributed by atoms with Crippen molar-refractivity contribution in [1.82, 2.24) is 10.2 Å². The quantitative estimate of drug-likeness (QED) is 0.367. The van der Waals surface area contributed by atoms with E-state index in [9.17, 15) is 31.2 Å². The number of amides is 2. The lowest BCUT2D eigenvalue weighted by Crippen LogP contribution is -2.54. The van der Waals surface area contributed by atoms with Gasteiger partial charge < -0.3 is 15.0 Å². The number of nitrogens with zero attached hydrogens (tertiary/aromatic N) is 2. The number of fused-ring (bicyclic) bond motifs is 2. The molecule has 6 rings (SSSR count). The van der Waals surface area contributed by atoms with E-state index < -0.39 is 39.1 Å². The molecule has 2 heterocycles. The molecule has 3 aliphatic rings. The van der Waals surface area contributed by atoms with Gasteiger partial charge in [-0.1, -0.05) is 24.3 Å². The van der Waals surface area contributed by atoms with E-state index in [0.717, 1.165) is 18.9 Å². The molecule has 3 aromatic carbocycles. The Balaban J connectivity index is 1.40. The molecule has 0 radical (unpaired) electrons. The molecule has 1 unspecified atom stereocenters. The molecule has 1 spiro atoms. The normalized spacial score (nSPS) is 19.4. The van der Waals surface area contributed by atoms with Crippen molar-refractivity contribution in [3.63, 3.8) is 0 Å². The number of rotatable bonds is 7. The standard InChI is InChI=1S/C33H34F3N3O5S/c1-21(40)38-16-14-32(15-17-38)28-18-23(31(41)37-20-24-6-3-4-9-27(24)33(34,35)36)12-13-29(28)39(30(32)22-10-11-22)45(42,43)26-8-5-7-25(19-26)44-2/h3-9,12-13,18-19,22,30H,10-11,14-17,20H2,1-2H3,(H,37,41). The maximum Gasteiger partial charge on any atom is 0.416 e. The van der Waals surface area contributed by atoms with Gasteiger partial charge in [-0.3, -0.25) is 13.9 Å². The molecule has 1 saturated heterocycles. The number of hydrogen-bond acceptors (Lipinski definition) is 5. The van der Waals surface area contributed by atoms with Crippen molar-refractivity contribution < 1.29 is 35.9 Å². The predicted molar refractivity (Wildman–Crippen MR) is 161 cm³/mol. The summed E-state index contributed by atoms with van der Waals surface area (Å²) in [6, 6.07) is 15.8. The average molecular weight is 642 g/mol. The first-order valence-electron chi connectivity index (χ1n) is 14.9. The van der Waals surface area contributed by atoms with Crippen molar-refractivity contribution in [2.45, 2.75) is 61.7 Å². The summed E-state index contributed by atoms with van der Waals surface area (Å²) in [5.41, 5.74) is -0.129. The summed E-state index contributed by atoms with van der Waals surface area (Å²) in [6.07, 6.45) is -1.84. The van der Waals surface area contributed by atoms with Gasteiger partial charge in [-0.15, -0.1) is 0 Å². The third-order valence-corrected chi connectivity index (χ3v) is 11.2. The summed E-state index contributed by atoms with van der Waals surface area (Å²) in [4.78, 5) is 27.5. The molecule has 2 amide bonds. The molecule has 12 heteroatoms. The Bertz CT molecular complexity index is 1750. The maximum atomic E-state index is 14.4. The molecule has 1 N–H and O–H groups in total. The minimum Gasteiger partial charge on any atom is -0.497 e. The average Bonchev–Trinajstić information content (AvgIpc) is 3.83. The number of ether oxygens (including phenoxy) is 1. The van der Waals surface area contributed by atoms with E-state index in [1.165, 1.54) is 54.7 Å². The fraction of sp³-hybridized carbons (Fsp3) is 0.394. The maximum absolute atomic E-state index is 14.4. The van der Waals surface area contributed by atoms with Gasteiger partial charge in [-0.2, -0.15) is 13.2 Å². The van der Waals surface area contributed by atoms with Crippen molar-refractivity contribution in [3.8, 4) is 5.75 Å². The number of benzene rings is 3. The van der Waals surface area contributed by atoms with Crippen LogP contribution in [-0.4, -0.2) is 51.4 Å². The second-order valence-electron chi connectivity index (χ2n) is 12.0. The molecule has 45 heavy (non-hydrogen) atoms. The highest BCUT2D eigenvalue weighted by Gasteiger charge is 2.60. The van der Waals surface area contributed by atoms with E-state index >= 15 is 0 Å². The summed E-state index contributed by atoms with van der Waals surface area (Å²) in [5.74, 6) is -0.123. The van der Waals surface area contributed by atoms with Gasteiger partial charge in [-0.25, -0.2) is 8.42 Å². The van der Waals surface area contributed by atoms with Crippen molar-refractivity contribution in [2.24, 2.45) is 5.92 Å². The molecule has 0 aromatic heterocycles. The van der Waals surface area contributed by atoms with Crippen LogP contribution in [0.3, 0.4) is 0 Å². The molecule has 1 aliphatic carbocycles. The molecule has 0 bridgehead atoms. The van der Waals surface area contributed by atoms with E-state index in [2.05, 4.69) is 5.32 Å². The lowest BCUT2D eigenvalue weighted by molar-refractivity contribution is -0.138. The van der Waals surface area contributed by atoms with Crippen LogP contribution in [0.25, 0.3) is 0 Å². The Kier molecular flexibility index (Phi) is 7.83. The van der Waals surface area contributed by atoms with E-state index in [1.54, 1.807) is 29.2 Å². The minimum atomic E-state index is -4.56. The number of piperidine rings is 1. The fourth-order valence-corrected chi connectivity index (χ4v) is 8.86. The van der Waals surface area contributed by atoms with Gasteiger partial charge in [0.2, 0.25) is 5.91 Å². The summed E-state index contributed by atoms with van der Waals surface area (Å²) in [5, 5.41) is 2.62. The molecule has 1 atom stereocenters. The predicted octanol–water partition coefficient (Wildman–Crippen LogP) is 5.51. The third-order valence-electron chi connectivity index (χ3n) is 9.38. The number of anilines is 1. The molecule has 238 valence electrons. The largest absolute Gasteiger partial charge is 0.497 e. The van der Waals surface area contributed by atoms with Crippen molar-refractivity contribution >= 4 is 27.5 Å². The lowest BCUT2D eigenvalue weighted by Gasteiger charge is -2.45. The van der Waals surface area contributed by atoms with Crippen molar-refractivity contribution in [1.29, 1.82) is 0 Å². The number of halogens is 3. The number of nitrogens with one attached hydrogen (secondary N) is 1. The highest BCUT2D eigenvalue weighted by molar-refractivity contribution is 7.93. The SMILES string of the molecule is COc1cccc(S(=O)(=O)N2c3ccc(C(=O)NCc4ccccc4C(F)(F)F)cc3C3(CCN(C(C)=O)CC3)C2C2CC2)c1. The molecule has 3 aromatic rings. The number of carbonyl (C=O) groups is 2. The Morgan fingerprint density at radius 3 is 2.36 bits per heavy atom. The summed E-state index contributed by atoms with van der Waals surface area (Å²) < 4.78 is 76.3. The van der Waals surface area contributed by atoms with E-state index in [4.69, 9.17) is 4.74 Å². The van der Waals surface area contributed by atoms with Crippen LogP contribution in [0.15, 0.2) is 71.6 Å². The molecular formula is C33H34F3N3O5S. The highest BCUT2D eigenvalue weighted by Crippen LogP contribution is 2.59. The molecule has 2 aliphatic heterocycles. The topological polar surface area (TPSA) is 96.0 Å². The van der Waals surface area contributed by atoms with Crippen LogP contribution in [0.1, 0.15) is 59.7 Å². The van der Waals surface area contributed by atoms with Gasteiger partial charge in [0.15, 0.2) is 0 Å². The van der Waals surface area contributed by atoms with Crippen molar-refractivity contribution in [2.75, 3.05) is 24.5 Å². The first kappa shape index (κ1) is 30.9. The molecule has 8 nitrogen and oxygen atoms in total. The van der Waals surface area contributed by atoms with E-state index in [0.29, 0.717) is 42.9 Å². The highest BCUT2D eigenvalue weighted by atomic mass is 32.2. The van der Waals surface area contributed by atoms with Gasteiger partial charge in [0.25, 0.3) is 15.9 Å². The minimum absolute atomic E-state index is 0.0563. The first-order chi connectivity index (χ1) is 21.4. The molecule has 1 saturated carbocycles. The smallest absolute Gasteiger partial charge is 0.416 e. The van der Waals surface area contributed by atoms with Crippen LogP contribution in [-0.2, 0) is 33.0 Å². The number of alkyl halides is 3. The Morgan fingerprint density at radius 2 is 1.71 bits per heavy atom. The Hall–Kier alpha value is -4.06. The van der Waals surface area contributed by atoms with Gasteiger partial charge in [-0.05, 0) is 79.1 Å².